The van der Waals surface area contributed by atoms with E-state index >= 15 is 0 Å². The summed E-state index contributed by atoms with van der Waals surface area (Å²) in [6, 6.07) is 9.68. The molecule has 5 rings (SSSR count). The lowest BCUT2D eigenvalue weighted by Gasteiger charge is -2.17. The highest BCUT2D eigenvalue weighted by molar-refractivity contribution is 5.94. The van der Waals surface area contributed by atoms with E-state index in [1.165, 1.54) is 12.8 Å². The largest absolute Gasteiger partial charge is 0.476 e. The molecule has 0 N–H and O–H groups in total. The smallest absolute Gasteiger partial charge is 0.272 e. The van der Waals surface area contributed by atoms with Crippen molar-refractivity contribution in [2.75, 3.05) is 19.7 Å². The summed E-state index contributed by atoms with van der Waals surface area (Å²) in [5, 5.41) is 8.43. The van der Waals surface area contributed by atoms with E-state index in [-0.39, 0.29) is 5.91 Å². The van der Waals surface area contributed by atoms with Crippen LogP contribution in [-0.4, -0.2) is 50.1 Å². The zero-order valence-corrected chi connectivity index (χ0v) is 15.9. The van der Waals surface area contributed by atoms with E-state index in [4.69, 9.17) is 4.74 Å². The Labute approximate surface area is 163 Å². The second-order valence-electron chi connectivity index (χ2n) is 7.76. The number of rotatable bonds is 5. The molecule has 0 aromatic carbocycles. The predicted octanol–water partition coefficient (Wildman–Crippen LogP) is 2.85. The second kappa shape index (κ2) is 6.89. The van der Waals surface area contributed by atoms with Crippen molar-refractivity contribution in [2.45, 2.75) is 32.1 Å². The van der Waals surface area contributed by atoms with Gasteiger partial charge >= 0.3 is 0 Å². The normalized spacial score (nSPS) is 19.3. The van der Waals surface area contributed by atoms with Crippen LogP contribution in [-0.2, 0) is 0 Å². The van der Waals surface area contributed by atoms with E-state index in [0.29, 0.717) is 36.6 Å². The monoisotopic (exact) mass is 377 g/mol. The first-order chi connectivity index (χ1) is 13.7. The maximum Gasteiger partial charge on any atom is 0.272 e. The fourth-order valence-corrected chi connectivity index (χ4v) is 3.88. The molecule has 1 aliphatic heterocycles. The number of nitrogens with zero attached hydrogens (tertiary/aromatic N) is 5. The Morgan fingerprint density at radius 2 is 2.07 bits per heavy atom. The van der Waals surface area contributed by atoms with Crippen LogP contribution in [0, 0.1) is 12.8 Å². The Bertz CT molecular complexity index is 1010. The fraction of sp³-hybridized carbons (Fsp3) is 0.429. The molecule has 2 fully saturated rings. The molecule has 1 atom stereocenters. The molecule has 7 heteroatoms. The zero-order chi connectivity index (χ0) is 19.1. The van der Waals surface area contributed by atoms with Crippen molar-refractivity contribution in [1.29, 1.82) is 0 Å². The van der Waals surface area contributed by atoms with Crippen molar-refractivity contribution in [2.24, 2.45) is 5.92 Å². The van der Waals surface area contributed by atoms with Gasteiger partial charge in [-0.3, -0.25) is 9.20 Å². The number of likely N-dealkylation sites (tertiary alicyclic amines) is 1. The summed E-state index contributed by atoms with van der Waals surface area (Å²) in [5.74, 6) is 1.49. The third kappa shape index (κ3) is 3.21. The minimum absolute atomic E-state index is 0.0345. The highest BCUT2D eigenvalue weighted by Crippen LogP contribution is 2.38. The SMILES string of the molecule is Cc1nc2ccccn2c1C(=O)N1CCC(COc2ccc(C3CC3)nn2)C1. The van der Waals surface area contributed by atoms with E-state index in [9.17, 15) is 4.79 Å². The molecule has 2 aliphatic rings. The Morgan fingerprint density at radius 3 is 2.86 bits per heavy atom. The lowest BCUT2D eigenvalue weighted by molar-refractivity contribution is 0.0775. The number of amides is 1. The average molecular weight is 377 g/mol. The van der Waals surface area contributed by atoms with Crippen LogP contribution in [0.4, 0.5) is 0 Å². The van der Waals surface area contributed by atoms with Gasteiger partial charge in [0.05, 0.1) is 18.0 Å². The standard InChI is InChI=1S/C21H23N5O2/c1-14-20(26-10-3-2-4-18(26)22-14)21(27)25-11-9-15(12-25)13-28-19-8-7-17(23-24-19)16-5-6-16/h2-4,7-8,10,15-16H,5-6,9,11-13H2,1H3. The molecule has 1 aliphatic carbocycles. The maximum absolute atomic E-state index is 13.1. The van der Waals surface area contributed by atoms with Gasteiger partial charge in [0.25, 0.3) is 5.91 Å². The molecule has 1 saturated heterocycles. The highest BCUT2D eigenvalue weighted by Gasteiger charge is 2.30. The Morgan fingerprint density at radius 1 is 1.18 bits per heavy atom. The van der Waals surface area contributed by atoms with Crippen LogP contribution < -0.4 is 4.74 Å². The first-order valence-corrected chi connectivity index (χ1v) is 9.88. The number of carbonyl (C=O) groups excluding carboxylic acids is 1. The number of ether oxygens (including phenoxy) is 1. The van der Waals surface area contributed by atoms with Gasteiger partial charge in [-0.2, -0.15) is 5.10 Å². The first kappa shape index (κ1) is 17.2. The van der Waals surface area contributed by atoms with E-state index in [2.05, 4.69) is 15.2 Å². The van der Waals surface area contributed by atoms with Crippen LogP contribution in [0.25, 0.3) is 5.65 Å². The highest BCUT2D eigenvalue weighted by atomic mass is 16.5. The van der Waals surface area contributed by atoms with Crippen molar-refractivity contribution < 1.29 is 9.53 Å². The van der Waals surface area contributed by atoms with Gasteiger partial charge in [0.1, 0.15) is 11.3 Å². The minimum atomic E-state index is 0.0345. The van der Waals surface area contributed by atoms with Crippen molar-refractivity contribution in [3.8, 4) is 5.88 Å². The van der Waals surface area contributed by atoms with Gasteiger partial charge in [-0.15, -0.1) is 5.10 Å². The van der Waals surface area contributed by atoms with Crippen LogP contribution in [0.3, 0.4) is 0 Å². The first-order valence-electron chi connectivity index (χ1n) is 9.88. The van der Waals surface area contributed by atoms with E-state index in [1.807, 2.05) is 52.8 Å². The Hall–Kier alpha value is -2.96. The van der Waals surface area contributed by atoms with E-state index in [1.54, 1.807) is 0 Å². The number of carbonyl (C=O) groups is 1. The molecule has 0 radical (unpaired) electrons. The van der Waals surface area contributed by atoms with E-state index < -0.39 is 0 Å². The lowest BCUT2D eigenvalue weighted by Crippen LogP contribution is -2.31. The molecule has 0 spiro atoms. The van der Waals surface area contributed by atoms with Gasteiger partial charge in [-0.1, -0.05) is 6.07 Å². The molecule has 3 aromatic rings. The molecule has 1 amide bonds. The van der Waals surface area contributed by atoms with Crippen LogP contribution in [0.1, 0.15) is 47.1 Å². The quantitative estimate of drug-likeness (QED) is 0.684. The number of fused-ring (bicyclic) bond motifs is 1. The van der Waals surface area contributed by atoms with Crippen molar-refractivity contribution in [3.63, 3.8) is 0 Å². The molecule has 144 valence electrons. The number of imidazole rings is 1. The molecule has 3 aromatic heterocycles. The number of hydrogen-bond donors (Lipinski definition) is 0. The summed E-state index contributed by atoms with van der Waals surface area (Å²) >= 11 is 0. The molecule has 7 nitrogen and oxygen atoms in total. The lowest BCUT2D eigenvalue weighted by atomic mass is 10.1. The maximum atomic E-state index is 13.1. The molecular weight excluding hydrogens is 354 g/mol. The topological polar surface area (TPSA) is 72.6 Å². The molecular formula is C21H23N5O2. The van der Waals surface area contributed by atoms with Crippen molar-refractivity contribution in [3.05, 3.63) is 53.6 Å². The molecule has 0 bridgehead atoms. The van der Waals surface area contributed by atoms with Crippen LogP contribution in [0.15, 0.2) is 36.5 Å². The van der Waals surface area contributed by atoms with Gasteiger partial charge in [-0.25, -0.2) is 4.98 Å². The number of aryl methyl sites for hydroxylation is 1. The minimum Gasteiger partial charge on any atom is -0.476 e. The van der Waals surface area contributed by atoms with Crippen molar-refractivity contribution >= 4 is 11.6 Å². The second-order valence-corrected chi connectivity index (χ2v) is 7.76. The summed E-state index contributed by atoms with van der Waals surface area (Å²) < 4.78 is 7.70. The summed E-state index contributed by atoms with van der Waals surface area (Å²) in [6.07, 6.45) is 5.25. The van der Waals surface area contributed by atoms with Crippen LogP contribution >= 0.6 is 0 Å². The third-order valence-electron chi connectivity index (χ3n) is 5.60. The Balaban J connectivity index is 1.21. The Kier molecular flexibility index (Phi) is 4.22. The number of pyridine rings is 1. The summed E-state index contributed by atoms with van der Waals surface area (Å²) in [4.78, 5) is 19.5. The summed E-state index contributed by atoms with van der Waals surface area (Å²) in [6.45, 7) is 3.86. The zero-order valence-electron chi connectivity index (χ0n) is 15.9. The summed E-state index contributed by atoms with van der Waals surface area (Å²) in [7, 11) is 0. The molecule has 4 heterocycles. The number of aromatic nitrogens is 4. The van der Waals surface area contributed by atoms with Gasteiger partial charge < -0.3 is 9.64 Å². The molecule has 1 unspecified atom stereocenters. The summed E-state index contributed by atoms with van der Waals surface area (Å²) in [5.41, 5.74) is 3.28. The van der Waals surface area contributed by atoms with E-state index in [0.717, 1.165) is 30.0 Å². The van der Waals surface area contributed by atoms with Gasteiger partial charge in [0, 0.05) is 37.2 Å². The molecule has 28 heavy (non-hydrogen) atoms. The predicted molar refractivity (Wildman–Crippen MR) is 103 cm³/mol. The third-order valence-corrected chi connectivity index (χ3v) is 5.60. The van der Waals surface area contributed by atoms with Crippen LogP contribution in [0.2, 0.25) is 0 Å². The van der Waals surface area contributed by atoms with Gasteiger partial charge in [-0.05, 0) is 44.4 Å². The van der Waals surface area contributed by atoms with Crippen LogP contribution in [0.5, 0.6) is 5.88 Å². The fourth-order valence-electron chi connectivity index (χ4n) is 3.88. The average Bonchev–Trinajstić information content (AvgIpc) is 3.36. The van der Waals surface area contributed by atoms with Gasteiger partial charge in [0.15, 0.2) is 0 Å². The molecule has 1 saturated carbocycles. The number of hydrogen-bond acceptors (Lipinski definition) is 5. The van der Waals surface area contributed by atoms with Crippen molar-refractivity contribution in [1.82, 2.24) is 24.5 Å². The van der Waals surface area contributed by atoms with Gasteiger partial charge in [0.2, 0.25) is 5.88 Å².